The molecule has 0 aliphatic carbocycles. The quantitative estimate of drug-likeness (QED) is 0.210. The topological polar surface area (TPSA) is 82.6 Å². The van der Waals surface area contributed by atoms with E-state index in [1.807, 2.05) is 37.4 Å². The average molecular weight is 485 g/mol. The molecule has 6 nitrogen and oxygen atoms in total. The molecule has 2 N–H and O–H groups in total. The molecule has 4 aromatic rings. The number of nitrogens with one attached hydrogen (secondary N) is 1. The summed E-state index contributed by atoms with van der Waals surface area (Å²) in [5.41, 5.74) is 2.93. The van der Waals surface area contributed by atoms with Crippen LogP contribution in [0.1, 0.15) is 29.7 Å². The minimum atomic E-state index is -0.795. The van der Waals surface area contributed by atoms with Crippen LogP contribution >= 0.6 is 0 Å². The second-order valence-corrected chi connectivity index (χ2v) is 8.61. The van der Waals surface area contributed by atoms with Gasteiger partial charge in [0.05, 0.1) is 18.2 Å². The van der Waals surface area contributed by atoms with Crippen LogP contribution in [0.2, 0.25) is 0 Å². The molecule has 2 heterocycles. The lowest BCUT2D eigenvalue weighted by Crippen LogP contribution is -2.31. The van der Waals surface area contributed by atoms with E-state index in [1.165, 1.54) is 29.2 Å². The third kappa shape index (κ3) is 4.24. The van der Waals surface area contributed by atoms with E-state index in [0.717, 1.165) is 16.5 Å². The van der Waals surface area contributed by atoms with Gasteiger partial charge in [0.15, 0.2) is 0 Å². The number of amides is 1. The second kappa shape index (κ2) is 9.70. The Morgan fingerprint density at radius 2 is 1.75 bits per heavy atom. The average Bonchev–Trinajstić information content (AvgIpc) is 3.42. The summed E-state index contributed by atoms with van der Waals surface area (Å²) < 4.78 is 19.0. The zero-order valence-corrected chi connectivity index (χ0v) is 19.7. The maximum atomic E-state index is 13.5. The number of halogens is 1. The number of aromatic nitrogens is 1. The molecule has 7 heteroatoms. The number of nitrogens with zero attached hydrogens (tertiary/aromatic N) is 1. The molecule has 0 bridgehead atoms. The number of rotatable bonds is 7. The molecule has 0 radical (unpaired) electrons. The van der Waals surface area contributed by atoms with Crippen LogP contribution in [0.4, 0.5) is 4.39 Å². The van der Waals surface area contributed by atoms with Crippen molar-refractivity contribution in [1.29, 1.82) is 0 Å². The Balaban J connectivity index is 1.55. The van der Waals surface area contributed by atoms with Gasteiger partial charge in [-0.25, -0.2) is 4.39 Å². The summed E-state index contributed by atoms with van der Waals surface area (Å²) in [7, 11) is 0. The predicted octanol–water partition coefficient (Wildman–Crippen LogP) is 5.37. The number of aliphatic hydroxyl groups excluding tert-OH is 1. The molecule has 0 unspecified atom stereocenters. The van der Waals surface area contributed by atoms with Crippen LogP contribution in [-0.2, 0) is 16.0 Å². The molecule has 0 saturated carbocycles. The number of likely N-dealkylation sites (tertiary alicyclic amines) is 1. The fourth-order valence-corrected chi connectivity index (χ4v) is 4.71. The lowest BCUT2D eigenvalue weighted by molar-refractivity contribution is -0.139. The van der Waals surface area contributed by atoms with Gasteiger partial charge >= 0.3 is 0 Å². The van der Waals surface area contributed by atoms with Crippen molar-refractivity contribution in [2.24, 2.45) is 0 Å². The van der Waals surface area contributed by atoms with Crippen molar-refractivity contribution in [1.82, 2.24) is 9.88 Å². The number of Topliss-reactive ketones (excluding diaryl/α,β-unsaturated/α-hetero) is 1. The minimum Gasteiger partial charge on any atom is -0.507 e. The highest BCUT2D eigenvalue weighted by molar-refractivity contribution is 6.46. The molecule has 3 aromatic carbocycles. The van der Waals surface area contributed by atoms with E-state index in [9.17, 15) is 19.1 Å². The smallest absolute Gasteiger partial charge is 0.295 e. The van der Waals surface area contributed by atoms with E-state index in [1.54, 1.807) is 24.3 Å². The first-order chi connectivity index (χ1) is 17.5. The Kier molecular flexibility index (Phi) is 6.29. The first-order valence-electron chi connectivity index (χ1n) is 11.8. The van der Waals surface area contributed by atoms with E-state index >= 15 is 0 Å². The molecule has 1 atom stereocenters. The number of hydrogen-bond donors (Lipinski definition) is 2. The van der Waals surface area contributed by atoms with Crippen molar-refractivity contribution in [3.63, 3.8) is 0 Å². The van der Waals surface area contributed by atoms with Gasteiger partial charge in [0.2, 0.25) is 0 Å². The SMILES string of the molecule is CCOc1ccc([C@H]2C(=C(O)c3ccc(F)cc3)C(=O)C(=O)N2CCc2c[nH]c3ccccc23)cc1. The molecule has 1 amide bonds. The van der Waals surface area contributed by atoms with Gasteiger partial charge in [-0.05, 0) is 66.9 Å². The van der Waals surface area contributed by atoms with E-state index in [2.05, 4.69) is 4.98 Å². The molecule has 5 rings (SSSR count). The predicted molar refractivity (Wildman–Crippen MR) is 135 cm³/mol. The van der Waals surface area contributed by atoms with E-state index in [0.29, 0.717) is 24.3 Å². The Morgan fingerprint density at radius 3 is 2.47 bits per heavy atom. The first-order valence-corrected chi connectivity index (χ1v) is 11.8. The van der Waals surface area contributed by atoms with Gasteiger partial charge in [-0.2, -0.15) is 0 Å². The normalized spacial score (nSPS) is 17.2. The number of hydrogen-bond acceptors (Lipinski definition) is 4. The third-order valence-corrected chi connectivity index (χ3v) is 6.46. The van der Waals surface area contributed by atoms with E-state index < -0.39 is 23.5 Å². The highest BCUT2D eigenvalue weighted by atomic mass is 19.1. The molecular weight excluding hydrogens is 459 g/mol. The van der Waals surface area contributed by atoms with Crippen LogP contribution < -0.4 is 4.74 Å². The number of ether oxygens (including phenoxy) is 1. The highest BCUT2D eigenvalue weighted by Crippen LogP contribution is 2.40. The summed E-state index contributed by atoms with van der Waals surface area (Å²) in [5, 5.41) is 12.2. The van der Waals surface area contributed by atoms with Gasteiger partial charge in [-0.3, -0.25) is 9.59 Å². The summed E-state index contributed by atoms with van der Waals surface area (Å²) in [5.74, 6) is -1.59. The van der Waals surface area contributed by atoms with Gasteiger partial charge in [-0.1, -0.05) is 30.3 Å². The number of fused-ring (bicyclic) bond motifs is 1. The van der Waals surface area contributed by atoms with Crippen molar-refractivity contribution < 1.29 is 23.8 Å². The fourth-order valence-electron chi connectivity index (χ4n) is 4.71. The first kappa shape index (κ1) is 23.4. The number of carbonyl (C=O) groups is 2. The van der Waals surface area contributed by atoms with Crippen molar-refractivity contribution in [3.8, 4) is 5.75 Å². The maximum Gasteiger partial charge on any atom is 0.295 e. The number of benzene rings is 3. The highest BCUT2D eigenvalue weighted by Gasteiger charge is 2.45. The van der Waals surface area contributed by atoms with Crippen LogP contribution in [0.25, 0.3) is 16.7 Å². The van der Waals surface area contributed by atoms with Crippen molar-refractivity contribution >= 4 is 28.4 Å². The Bertz CT molecular complexity index is 1450. The summed E-state index contributed by atoms with van der Waals surface area (Å²) in [6.07, 6.45) is 2.42. The van der Waals surface area contributed by atoms with Crippen molar-refractivity contribution in [3.05, 3.63) is 107 Å². The molecule has 1 aliphatic rings. The Labute approximate surface area is 207 Å². The molecule has 182 valence electrons. The second-order valence-electron chi connectivity index (χ2n) is 8.61. The summed E-state index contributed by atoms with van der Waals surface area (Å²) in [4.78, 5) is 31.2. The van der Waals surface area contributed by atoms with Crippen molar-refractivity contribution in [2.45, 2.75) is 19.4 Å². The number of aliphatic hydroxyl groups is 1. The molecule has 0 spiro atoms. The minimum absolute atomic E-state index is 0.0188. The largest absolute Gasteiger partial charge is 0.507 e. The number of aromatic amines is 1. The summed E-state index contributed by atoms with van der Waals surface area (Å²) >= 11 is 0. The zero-order valence-electron chi connectivity index (χ0n) is 19.7. The standard InChI is InChI=1S/C29H25FN2O4/c1-2-36-22-13-9-18(10-14-22)26-25(27(33)19-7-11-21(30)12-8-19)28(34)29(35)32(26)16-15-20-17-31-24-6-4-3-5-23(20)24/h3-14,17,26,31,33H,2,15-16H2,1H3/t26-/m0/s1. The molecule has 1 aromatic heterocycles. The lowest BCUT2D eigenvalue weighted by Gasteiger charge is -2.25. The number of ketones is 1. The van der Waals surface area contributed by atoms with Gasteiger partial charge in [0, 0.05) is 29.2 Å². The number of carbonyl (C=O) groups excluding carboxylic acids is 2. The van der Waals surface area contributed by atoms with Crippen molar-refractivity contribution in [2.75, 3.05) is 13.2 Å². The van der Waals surface area contributed by atoms with Gasteiger partial charge in [0.1, 0.15) is 17.3 Å². The van der Waals surface area contributed by atoms with Crippen LogP contribution in [0.3, 0.4) is 0 Å². The Morgan fingerprint density at radius 1 is 1.03 bits per heavy atom. The molecule has 1 fully saturated rings. The molecule has 36 heavy (non-hydrogen) atoms. The van der Waals surface area contributed by atoms with Crippen LogP contribution in [0, 0.1) is 5.82 Å². The monoisotopic (exact) mass is 484 g/mol. The zero-order chi connectivity index (χ0) is 25.2. The van der Waals surface area contributed by atoms with Gasteiger partial charge < -0.3 is 19.7 Å². The third-order valence-electron chi connectivity index (χ3n) is 6.46. The molecular formula is C29H25FN2O4. The molecule has 1 saturated heterocycles. The summed E-state index contributed by atoms with van der Waals surface area (Å²) in [6.45, 7) is 2.66. The fraction of sp³-hybridized carbons (Fsp3) is 0.172. The lowest BCUT2D eigenvalue weighted by atomic mass is 9.95. The van der Waals surface area contributed by atoms with Gasteiger partial charge in [-0.15, -0.1) is 0 Å². The number of para-hydroxylation sites is 1. The van der Waals surface area contributed by atoms with Crippen LogP contribution in [-0.4, -0.2) is 39.8 Å². The van der Waals surface area contributed by atoms with Gasteiger partial charge in [0.25, 0.3) is 11.7 Å². The van der Waals surface area contributed by atoms with E-state index in [-0.39, 0.29) is 23.4 Å². The van der Waals surface area contributed by atoms with Crippen LogP contribution in [0.5, 0.6) is 5.75 Å². The molecule has 1 aliphatic heterocycles. The van der Waals surface area contributed by atoms with E-state index in [4.69, 9.17) is 4.74 Å². The summed E-state index contributed by atoms with van der Waals surface area (Å²) in [6, 6.07) is 19.4. The van der Waals surface area contributed by atoms with Crippen LogP contribution in [0.15, 0.2) is 84.6 Å². The number of H-pyrrole nitrogens is 1. The Hall–Kier alpha value is -4.39. The maximum absolute atomic E-state index is 13.5.